The minimum absolute atomic E-state index is 0.222. The van der Waals surface area contributed by atoms with E-state index in [1.807, 2.05) is 31.2 Å². The van der Waals surface area contributed by atoms with Gasteiger partial charge in [-0.05, 0) is 12.5 Å². The summed E-state index contributed by atoms with van der Waals surface area (Å²) in [5.41, 5.74) is 2.25. The molecule has 0 bridgehead atoms. The number of carboxylic acid groups (broad SMARTS) is 1. The van der Waals surface area contributed by atoms with E-state index in [0.717, 1.165) is 5.56 Å². The van der Waals surface area contributed by atoms with Crippen LogP contribution in [0.25, 0.3) is 0 Å². The highest BCUT2D eigenvalue weighted by Gasteiger charge is 2.12. The van der Waals surface area contributed by atoms with Crippen molar-refractivity contribution in [2.45, 2.75) is 13.5 Å². The molecule has 6 heteroatoms. The van der Waals surface area contributed by atoms with Gasteiger partial charge < -0.3 is 5.11 Å². The lowest BCUT2D eigenvalue weighted by atomic mass is 10.1. The second kappa shape index (κ2) is 5.34. The maximum atomic E-state index is 11.0. The summed E-state index contributed by atoms with van der Waals surface area (Å²) in [4.78, 5) is 21.3. The van der Waals surface area contributed by atoms with Crippen LogP contribution < -0.4 is 5.32 Å². The highest BCUT2D eigenvalue weighted by Crippen LogP contribution is 2.07. The number of carboxylic acids is 1. The molecule has 1 aromatic heterocycles. The van der Waals surface area contributed by atoms with E-state index in [9.17, 15) is 9.59 Å². The van der Waals surface area contributed by atoms with Crippen LogP contribution in [0.4, 0.5) is 5.82 Å². The van der Waals surface area contributed by atoms with Crippen LogP contribution in [0.1, 0.15) is 11.1 Å². The largest absolute Gasteiger partial charge is 0.474 e. The Balaban J connectivity index is 2.03. The number of rotatable bonds is 3. The number of aromatic nitrogens is 2. The third-order valence-corrected chi connectivity index (χ3v) is 2.54. The smallest absolute Gasteiger partial charge is 0.394 e. The molecule has 0 aliphatic rings. The van der Waals surface area contributed by atoms with E-state index < -0.39 is 11.9 Å². The molecule has 0 saturated heterocycles. The molecular weight excluding hydrogens is 246 g/mol. The van der Waals surface area contributed by atoms with Crippen molar-refractivity contribution < 1.29 is 14.7 Å². The summed E-state index contributed by atoms with van der Waals surface area (Å²) in [7, 11) is 0. The quantitative estimate of drug-likeness (QED) is 0.813. The summed E-state index contributed by atoms with van der Waals surface area (Å²) in [6, 6.07) is 9.55. The highest BCUT2D eigenvalue weighted by atomic mass is 16.4. The highest BCUT2D eigenvalue weighted by molar-refractivity contribution is 6.36. The molecule has 0 unspecified atom stereocenters. The minimum Gasteiger partial charge on any atom is -0.474 e. The molecule has 0 saturated carbocycles. The number of anilines is 1. The fraction of sp³-hybridized carbons (Fsp3) is 0.154. The van der Waals surface area contributed by atoms with E-state index in [1.165, 1.54) is 5.56 Å². The van der Waals surface area contributed by atoms with E-state index in [4.69, 9.17) is 5.11 Å². The number of nitrogens with one attached hydrogen (secondary N) is 1. The van der Waals surface area contributed by atoms with Crippen LogP contribution in [0.15, 0.2) is 36.5 Å². The zero-order chi connectivity index (χ0) is 13.8. The average Bonchev–Trinajstić information content (AvgIpc) is 2.79. The molecule has 0 atom stereocenters. The molecule has 1 aromatic carbocycles. The van der Waals surface area contributed by atoms with Crippen LogP contribution in [-0.2, 0) is 16.1 Å². The van der Waals surface area contributed by atoms with Gasteiger partial charge >= 0.3 is 11.9 Å². The Morgan fingerprint density at radius 2 is 1.95 bits per heavy atom. The molecule has 0 radical (unpaired) electrons. The fourth-order valence-corrected chi connectivity index (χ4v) is 1.57. The summed E-state index contributed by atoms with van der Waals surface area (Å²) in [6.07, 6.45) is 1.68. The third-order valence-electron chi connectivity index (χ3n) is 2.54. The van der Waals surface area contributed by atoms with E-state index in [2.05, 4.69) is 10.4 Å². The van der Waals surface area contributed by atoms with Crippen molar-refractivity contribution in [3.05, 3.63) is 47.7 Å². The number of aryl methyl sites for hydroxylation is 1. The van der Waals surface area contributed by atoms with Gasteiger partial charge in [0.05, 0.1) is 6.54 Å². The first-order valence-corrected chi connectivity index (χ1v) is 5.68. The number of amides is 1. The number of nitrogens with zero attached hydrogens (tertiary/aromatic N) is 2. The Labute approximate surface area is 109 Å². The molecule has 1 heterocycles. The molecule has 0 spiro atoms. The van der Waals surface area contributed by atoms with Crippen molar-refractivity contribution in [1.82, 2.24) is 9.78 Å². The number of hydrogen-bond acceptors (Lipinski definition) is 3. The first kappa shape index (κ1) is 12.8. The molecule has 6 nitrogen and oxygen atoms in total. The zero-order valence-corrected chi connectivity index (χ0v) is 10.3. The average molecular weight is 259 g/mol. The number of hydrogen-bond donors (Lipinski definition) is 2. The van der Waals surface area contributed by atoms with E-state index in [1.54, 1.807) is 16.9 Å². The van der Waals surface area contributed by atoms with Gasteiger partial charge in [-0.2, -0.15) is 5.10 Å². The molecule has 1 amide bonds. The van der Waals surface area contributed by atoms with Gasteiger partial charge in [-0.25, -0.2) is 4.79 Å². The van der Waals surface area contributed by atoms with Crippen molar-refractivity contribution in [2.75, 3.05) is 5.32 Å². The SMILES string of the molecule is Cc1ccc(Cn2ccc(NC(=O)C(=O)O)n2)cc1. The Bertz CT molecular complexity index is 602. The van der Waals surface area contributed by atoms with E-state index in [0.29, 0.717) is 6.54 Å². The number of benzene rings is 1. The lowest BCUT2D eigenvalue weighted by Crippen LogP contribution is -2.22. The number of aliphatic carboxylic acids is 1. The normalized spacial score (nSPS) is 10.2. The molecule has 19 heavy (non-hydrogen) atoms. The molecule has 0 aliphatic heterocycles. The second-order valence-corrected chi connectivity index (χ2v) is 4.14. The lowest BCUT2D eigenvalue weighted by Gasteiger charge is -2.02. The van der Waals surface area contributed by atoms with Crippen molar-refractivity contribution >= 4 is 17.7 Å². The Kier molecular flexibility index (Phi) is 3.61. The van der Waals surface area contributed by atoms with Crippen molar-refractivity contribution in [3.63, 3.8) is 0 Å². The predicted octanol–water partition coefficient (Wildman–Crippen LogP) is 1.26. The molecular formula is C13H13N3O3. The zero-order valence-electron chi connectivity index (χ0n) is 10.3. The fourth-order valence-electron chi connectivity index (χ4n) is 1.57. The first-order valence-electron chi connectivity index (χ1n) is 5.68. The van der Waals surface area contributed by atoms with Crippen LogP contribution in [0.5, 0.6) is 0 Å². The van der Waals surface area contributed by atoms with Crippen molar-refractivity contribution in [1.29, 1.82) is 0 Å². The first-order chi connectivity index (χ1) is 9.04. The Morgan fingerprint density at radius 1 is 1.26 bits per heavy atom. The van der Waals surface area contributed by atoms with Crippen LogP contribution in [0.2, 0.25) is 0 Å². The van der Waals surface area contributed by atoms with Gasteiger partial charge in [-0.1, -0.05) is 29.8 Å². The van der Waals surface area contributed by atoms with Gasteiger partial charge in [0.15, 0.2) is 5.82 Å². The third kappa shape index (κ3) is 3.41. The minimum atomic E-state index is -1.53. The van der Waals surface area contributed by atoms with Gasteiger partial charge in [-0.3, -0.25) is 14.8 Å². The molecule has 0 aliphatic carbocycles. The van der Waals surface area contributed by atoms with Gasteiger partial charge in [0.1, 0.15) is 0 Å². The predicted molar refractivity (Wildman–Crippen MR) is 68.8 cm³/mol. The maximum Gasteiger partial charge on any atom is 0.394 e. The van der Waals surface area contributed by atoms with Gasteiger partial charge in [-0.15, -0.1) is 0 Å². The molecule has 2 aromatic rings. The summed E-state index contributed by atoms with van der Waals surface area (Å²) < 4.78 is 1.63. The molecule has 2 rings (SSSR count). The van der Waals surface area contributed by atoms with Crippen molar-refractivity contribution in [3.8, 4) is 0 Å². The summed E-state index contributed by atoms with van der Waals surface area (Å²) in [6.45, 7) is 2.57. The lowest BCUT2D eigenvalue weighted by molar-refractivity contribution is -0.147. The van der Waals surface area contributed by atoms with Gasteiger partial charge in [0, 0.05) is 12.3 Å². The van der Waals surface area contributed by atoms with Gasteiger partial charge in [0.2, 0.25) is 0 Å². The summed E-state index contributed by atoms with van der Waals surface area (Å²) in [5, 5.41) is 14.7. The van der Waals surface area contributed by atoms with E-state index >= 15 is 0 Å². The molecule has 98 valence electrons. The number of carbonyl (C=O) groups excluding carboxylic acids is 1. The topological polar surface area (TPSA) is 84.2 Å². The monoisotopic (exact) mass is 259 g/mol. The Morgan fingerprint density at radius 3 is 2.58 bits per heavy atom. The van der Waals surface area contributed by atoms with Crippen LogP contribution in [-0.4, -0.2) is 26.8 Å². The number of carbonyl (C=O) groups is 2. The summed E-state index contributed by atoms with van der Waals surface area (Å²) in [5.74, 6) is -2.41. The van der Waals surface area contributed by atoms with Gasteiger partial charge in [0.25, 0.3) is 0 Å². The van der Waals surface area contributed by atoms with Crippen LogP contribution in [0, 0.1) is 6.92 Å². The van der Waals surface area contributed by atoms with Crippen molar-refractivity contribution in [2.24, 2.45) is 0 Å². The van der Waals surface area contributed by atoms with Crippen LogP contribution in [0.3, 0.4) is 0 Å². The van der Waals surface area contributed by atoms with E-state index in [-0.39, 0.29) is 5.82 Å². The molecule has 2 N–H and O–H groups in total. The Hall–Kier alpha value is -2.63. The second-order valence-electron chi connectivity index (χ2n) is 4.14. The maximum absolute atomic E-state index is 11.0. The summed E-state index contributed by atoms with van der Waals surface area (Å²) >= 11 is 0. The standard InChI is InChI=1S/C13H13N3O3/c1-9-2-4-10(5-3-9)8-16-7-6-11(15-16)14-12(17)13(18)19/h2-7H,8H2,1H3,(H,18,19)(H,14,15,17). The van der Waals surface area contributed by atoms with Crippen LogP contribution >= 0.6 is 0 Å². The molecule has 0 fully saturated rings.